The Morgan fingerprint density at radius 2 is 2.06 bits per heavy atom. The smallest absolute Gasteiger partial charge is 0.244 e. The lowest BCUT2D eigenvalue weighted by atomic mass is 10.2. The first-order valence-electron chi connectivity index (χ1n) is 5.47. The molecule has 1 aromatic carbocycles. The summed E-state index contributed by atoms with van der Waals surface area (Å²) in [6.45, 7) is 2.57. The summed E-state index contributed by atoms with van der Waals surface area (Å²) >= 11 is 0. The third kappa shape index (κ3) is 2.33. The second kappa shape index (κ2) is 4.14. The number of hydrogen-bond acceptors (Lipinski definition) is 3. The first-order valence-corrected chi connectivity index (χ1v) is 5.47. The molecule has 1 aromatic rings. The van der Waals surface area contributed by atoms with Crippen molar-refractivity contribution in [2.75, 3.05) is 11.9 Å². The number of rotatable bonds is 4. The van der Waals surface area contributed by atoms with Crippen LogP contribution in [0, 0.1) is 0 Å². The van der Waals surface area contributed by atoms with Gasteiger partial charge in [-0.3, -0.25) is 4.79 Å². The molecule has 0 spiro atoms. The zero-order valence-electron chi connectivity index (χ0n) is 9.32. The minimum Gasteiger partial charge on any atom is -0.494 e. The molecule has 2 rings (SSSR count). The number of ether oxygens (including phenoxy) is 1. The highest BCUT2D eigenvalue weighted by molar-refractivity contribution is 6.00. The van der Waals surface area contributed by atoms with Crippen molar-refractivity contribution in [3.8, 4) is 5.75 Å². The topological polar surface area (TPSA) is 64.3 Å². The predicted molar refractivity (Wildman–Crippen MR) is 62.4 cm³/mol. The molecule has 4 heteroatoms. The fourth-order valence-corrected chi connectivity index (χ4v) is 1.42. The number of anilines is 1. The van der Waals surface area contributed by atoms with Crippen molar-refractivity contribution in [2.24, 2.45) is 5.73 Å². The number of amides is 1. The molecule has 1 saturated carbocycles. The van der Waals surface area contributed by atoms with Crippen LogP contribution in [0.5, 0.6) is 5.75 Å². The maximum atomic E-state index is 11.6. The molecule has 1 aliphatic carbocycles. The fourth-order valence-electron chi connectivity index (χ4n) is 1.42. The van der Waals surface area contributed by atoms with Gasteiger partial charge in [-0.05, 0) is 44.0 Å². The van der Waals surface area contributed by atoms with E-state index in [-0.39, 0.29) is 5.91 Å². The largest absolute Gasteiger partial charge is 0.494 e. The van der Waals surface area contributed by atoms with E-state index >= 15 is 0 Å². The number of benzene rings is 1. The van der Waals surface area contributed by atoms with E-state index < -0.39 is 5.54 Å². The van der Waals surface area contributed by atoms with Crippen molar-refractivity contribution in [3.63, 3.8) is 0 Å². The molecule has 0 radical (unpaired) electrons. The lowest BCUT2D eigenvalue weighted by Crippen LogP contribution is -2.37. The fraction of sp³-hybridized carbons (Fsp3) is 0.417. The molecule has 0 saturated heterocycles. The standard InChI is InChI=1S/C12H16N2O2/c1-2-16-10-5-3-9(4-6-10)14-11(15)12(13)7-8-12/h3-6H,2,7-8,13H2,1H3,(H,14,15). The summed E-state index contributed by atoms with van der Waals surface area (Å²) in [7, 11) is 0. The molecule has 3 N–H and O–H groups in total. The average molecular weight is 220 g/mol. The summed E-state index contributed by atoms with van der Waals surface area (Å²) in [5, 5.41) is 2.79. The molecule has 0 unspecified atom stereocenters. The van der Waals surface area contributed by atoms with Crippen LogP contribution in [0.1, 0.15) is 19.8 Å². The molecular formula is C12H16N2O2. The van der Waals surface area contributed by atoms with E-state index in [9.17, 15) is 4.79 Å². The molecule has 16 heavy (non-hydrogen) atoms. The van der Waals surface area contributed by atoms with Crippen LogP contribution in [0.15, 0.2) is 24.3 Å². The van der Waals surface area contributed by atoms with Gasteiger partial charge in [0.1, 0.15) is 5.75 Å². The molecule has 0 aliphatic heterocycles. The van der Waals surface area contributed by atoms with Gasteiger partial charge in [0, 0.05) is 5.69 Å². The van der Waals surface area contributed by atoms with Gasteiger partial charge >= 0.3 is 0 Å². The molecule has 0 atom stereocenters. The molecule has 0 bridgehead atoms. The van der Waals surface area contributed by atoms with Gasteiger partial charge in [-0.15, -0.1) is 0 Å². The Labute approximate surface area is 94.8 Å². The minimum atomic E-state index is -0.626. The summed E-state index contributed by atoms with van der Waals surface area (Å²) in [6.07, 6.45) is 1.55. The van der Waals surface area contributed by atoms with E-state index in [1.54, 1.807) is 0 Å². The predicted octanol–water partition coefficient (Wildman–Crippen LogP) is 1.52. The van der Waals surface area contributed by atoms with Crippen LogP contribution in [-0.2, 0) is 4.79 Å². The van der Waals surface area contributed by atoms with Crippen LogP contribution >= 0.6 is 0 Å². The molecular weight excluding hydrogens is 204 g/mol. The summed E-state index contributed by atoms with van der Waals surface area (Å²) < 4.78 is 5.31. The zero-order valence-corrected chi connectivity index (χ0v) is 9.32. The Bertz CT molecular complexity index is 383. The normalized spacial score (nSPS) is 16.6. The van der Waals surface area contributed by atoms with Gasteiger partial charge < -0.3 is 15.8 Å². The number of carbonyl (C=O) groups is 1. The highest BCUT2D eigenvalue weighted by atomic mass is 16.5. The summed E-state index contributed by atoms with van der Waals surface area (Å²) in [4.78, 5) is 11.6. The quantitative estimate of drug-likeness (QED) is 0.808. The van der Waals surface area contributed by atoms with E-state index in [0.29, 0.717) is 6.61 Å². The first-order chi connectivity index (χ1) is 7.64. The van der Waals surface area contributed by atoms with E-state index in [0.717, 1.165) is 24.3 Å². The van der Waals surface area contributed by atoms with Crippen LogP contribution in [0.25, 0.3) is 0 Å². The van der Waals surface area contributed by atoms with Crippen LogP contribution in [0.3, 0.4) is 0 Å². The number of nitrogens with one attached hydrogen (secondary N) is 1. The van der Waals surface area contributed by atoms with Crippen LogP contribution in [0.2, 0.25) is 0 Å². The average Bonchev–Trinajstić information content (AvgIpc) is 3.01. The SMILES string of the molecule is CCOc1ccc(NC(=O)C2(N)CC2)cc1. The van der Waals surface area contributed by atoms with E-state index in [1.807, 2.05) is 31.2 Å². The van der Waals surface area contributed by atoms with Crippen LogP contribution in [-0.4, -0.2) is 18.1 Å². The Morgan fingerprint density at radius 3 is 2.56 bits per heavy atom. The van der Waals surface area contributed by atoms with Crippen molar-refractivity contribution in [1.29, 1.82) is 0 Å². The Morgan fingerprint density at radius 1 is 1.44 bits per heavy atom. The number of nitrogens with two attached hydrogens (primary N) is 1. The van der Waals surface area contributed by atoms with Crippen molar-refractivity contribution in [3.05, 3.63) is 24.3 Å². The highest BCUT2D eigenvalue weighted by Crippen LogP contribution is 2.33. The third-order valence-electron chi connectivity index (χ3n) is 2.66. The maximum absolute atomic E-state index is 11.6. The molecule has 4 nitrogen and oxygen atoms in total. The van der Waals surface area contributed by atoms with Crippen molar-refractivity contribution >= 4 is 11.6 Å². The first kappa shape index (κ1) is 11.0. The molecule has 0 aromatic heterocycles. The van der Waals surface area contributed by atoms with Gasteiger partial charge in [0.05, 0.1) is 12.1 Å². The van der Waals surface area contributed by atoms with Crippen molar-refractivity contribution in [1.82, 2.24) is 0 Å². The molecule has 1 fully saturated rings. The number of carbonyl (C=O) groups excluding carboxylic acids is 1. The Balaban J connectivity index is 1.97. The molecule has 86 valence electrons. The van der Waals surface area contributed by atoms with Crippen molar-refractivity contribution < 1.29 is 9.53 Å². The summed E-state index contributed by atoms with van der Waals surface area (Å²) in [5.74, 6) is 0.700. The Kier molecular flexibility index (Phi) is 2.83. The molecule has 0 heterocycles. The lowest BCUT2D eigenvalue weighted by Gasteiger charge is -2.10. The van der Waals surface area contributed by atoms with E-state index in [1.165, 1.54) is 0 Å². The highest BCUT2D eigenvalue weighted by Gasteiger charge is 2.45. The number of hydrogen-bond donors (Lipinski definition) is 2. The van der Waals surface area contributed by atoms with Gasteiger partial charge in [0.15, 0.2) is 0 Å². The van der Waals surface area contributed by atoms with E-state index in [2.05, 4.69) is 5.32 Å². The van der Waals surface area contributed by atoms with Gasteiger partial charge in [-0.25, -0.2) is 0 Å². The second-order valence-electron chi connectivity index (χ2n) is 4.07. The van der Waals surface area contributed by atoms with Gasteiger partial charge in [-0.2, -0.15) is 0 Å². The Hall–Kier alpha value is -1.55. The lowest BCUT2D eigenvalue weighted by molar-refractivity contribution is -0.118. The van der Waals surface area contributed by atoms with Gasteiger partial charge in [0.2, 0.25) is 5.91 Å². The maximum Gasteiger partial charge on any atom is 0.244 e. The minimum absolute atomic E-state index is 0.100. The van der Waals surface area contributed by atoms with Gasteiger partial charge in [-0.1, -0.05) is 0 Å². The summed E-state index contributed by atoms with van der Waals surface area (Å²) in [6, 6.07) is 7.29. The molecule has 1 amide bonds. The monoisotopic (exact) mass is 220 g/mol. The summed E-state index contributed by atoms with van der Waals surface area (Å²) in [5.41, 5.74) is 5.91. The molecule has 1 aliphatic rings. The van der Waals surface area contributed by atoms with Crippen LogP contribution < -0.4 is 15.8 Å². The van der Waals surface area contributed by atoms with E-state index in [4.69, 9.17) is 10.5 Å². The zero-order chi connectivity index (χ0) is 11.6. The van der Waals surface area contributed by atoms with Crippen molar-refractivity contribution in [2.45, 2.75) is 25.3 Å². The second-order valence-corrected chi connectivity index (χ2v) is 4.07. The van der Waals surface area contributed by atoms with Gasteiger partial charge in [0.25, 0.3) is 0 Å². The van der Waals surface area contributed by atoms with Crippen LogP contribution in [0.4, 0.5) is 5.69 Å². The third-order valence-corrected chi connectivity index (χ3v) is 2.66.